The van der Waals surface area contributed by atoms with E-state index >= 15 is 0 Å². The minimum absolute atomic E-state index is 0.0938. The summed E-state index contributed by atoms with van der Waals surface area (Å²) >= 11 is 5.77. The van der Waals surface area contributed by atoms with Crippen LogP contribution in [0.1, 0.15) is 12.8 Å². The third kappa shape index (κ3) is 2.08. The molecule has 1 aliphatic carbocycles. The van der Waals surface area contributed by atoms with Gasteiger partial charge in [-0.1, -0.05) is 17.7 Å². The van der Waals surface area contributed by atoms with Crippen molar-refractivity contribution in [3.8, 4) is 0 Å². The van der Waals surface area contributed by atoms with E-state index in [9.17, 15) is 8.42 Å². The Labute approximate surface area is 88.1 Å². The average Bonchev–Trinajstić information content (AvgIpc) is 2.88. The van der Waals surface area contributed by atoms with Crippen LogP contribution in [0.15, 0.2) is 23.1 Å². The third-order valence-electron chi connectivity index (χ3n) is 1.96. The lowest BCUT2D eigenvalue weighted by atomic mass is 10.4. The third-order valence-corrected chi connectivity index (χ3v) is 3.97. The fourth-order valence-electron chi connectivity index (χ4n) is 1.09. The molecule has 0 heterocycles. The van der Waals surface area contributed by atoms with Gasteiger partial charge in [0.15, 0.2) is 0 Å². The maximum Gasteiger partial charge on any atom is 0.242 e. The molecule has 0 bridgehead atoms. The van der Waals surface area contributed by atoms with Crippen LogP contribution in [-0.2, 0) is 10.0 Å². The van der Waals surface area contributed by atoms with E-state index in [0.29, 0.717) is 0 Å². The molecule has 1 aliphatic rings. The van der Waals surface area contributed by atoms with Crippen molar-refractivity contribution < 1.29 is 8.42 Å². The van der Waals surface area contributed by atoms with Crippen molar-refractivity contribution in [3.63, 3.8) is 0 Å². The summed E-state index contributed by atoms with van der Waals surface area (Å²) in [5, 5.41) is 0.233. The Balaban J connectivity index is 2.33. The summed E-state index contributed by atoms with van der Waals surface area (Å²) in [6, 6.07) is 7.27. The van der Waals surface area contributed by atoms with Crippen LogP contribution in [0.25, 0.3) is 0 Å². The van der Waals surface area contributed by atoms with Crippen molar-refractivity contribution in [2.45, 2.75) is 23.8 Å². The van der Waals surface area contributed by atoms with Gasteiger partial charge in [-0.2, -0.15) is 0 Å². The maximum absolute atomic E-state index is 11.7. The molecule has 1 aromatic carbocycles. The van der Waals surface area contributed by atoms with Crippen molar-refractivity contribution in [2.75, 3.05) is 0 Å². The van der Waals surface area contributed by atoms with Crippen molar-refractivity contribution in [1.29, 1.82) is 0 Å². The van der Waals surface area contributed by atoms with Gasteiger partial charge >= 0.3 is 0 Å². The highest BCUT2D eigenvalue weighted by atomic mass is 35.5. The summed E-state index contributed by atoms with van der Waals surface area (Å²) < 4.78 is 25.9. The van der Waals surface area contributed by atoms with Crippen LogP contribution in [0.2, 0.25) is 5.02 Å². The average molecular weight is 231 g/mol. The van der Waals surface area contributed by atoms with E-state index in [1.807, 2.05) is 0 Å². The Morgan fingerprint density at radius 3 is 2.79 bits per heavy atom. The molecule has 75 valence electrons. The molecule has 0 aromatic heterocycles. The lowest BCUT2D eigenvalue weighted by Crippen LogP contribution is -2.25. The molecule has 1 fully saturated rings. The van der Waals surface area contributed by atoms with E-state index in [-0.39, 0.29) is 16.0 Å². The van der Waals surface area contributed by atoms with Crippen LogP contribution in [0.4, 0.5) is 0 Å². The molecule has 3 nitrogen and oxygen atoms in total. The molecule has 0 atom stereocenters. The van der Waals surface area contributed by atoms with Gasteiger partial charge in [0.2, 0.25) is 10.0 Å². The number of rotatable bonds is 3. The molecule has 0 saturated heterocycles. The molecule has 1 aromatic rings. The van der Waals surface area contributed by atoms with Crippen LogP contribution in [0, 0.1) is 6.07 Å². The van der Waals surface area contributed by atoms with Crippen molar-refractivity contribution in [3.05, 3.63) is 29.3 Å². The van der Waals surface area contributed by atoms with E-state index in [1.165, 1.54) is 12.1 Å². The highest BCUT2D eigenvalue weighted by molar-refractivity contribution is 7.89. The molecule has 1 saturated carbocycles. The minimum atomic E-state index is -3.44. The van der Waals surface area contributed by atoms with Crippen LogP contribution in [0.3, 0.4) is 0 Å². The molecule has 14 heavy (non-hydrogen) atoms. The fourth-order valence-corrected chi connectivity index (χ4v) is 2.86. The normalized spacial score (nSPS) is 16.9. The second kappa shape index (κ2) is 3.53. The first-order valence-electron chi connectivity index (χ1n) is 4.27. The lowest BCUT2D eigenvalue weighted by molar-refractivity contribution is 0.581. The lowest BCUT2D eigenvalue weighted by Gasteiger charge is -2.06. The smallest absolute Gasteiger partial charge is 0.208 e. The van der Waals surface area contributed by atoms with Crippen LogP contribution >= 0.6 is 11.6 Å². The first-order chi connectivity index (χ1) is 6.59. The largest absolute Gasteiger partial charge is 0.242 e. The summed E-state index contributed by atoms with van der Waals surface area (Å²) in [6.07, 6.45) is 1.82. The number of halogens is 1. The molecule has 5 heteroatoms. The van der Waals surface area contributed by atoms with Crippen molar-refractivity contribution in [2.24, 2.45) is 0 Å². The summed E-state index contributed by atoms with van der Waals surface area (Å²) in [7, 11) is -3.44. The zero-order chi connectivity index (χ0) is 10.2. The van der Waals surface area contributed by atoms with Gasteiger partial charge < -0.3 is 0 Å². The Kier molecular flexibility index (Phi) is 2.51. The minimum Gasteiger partial charge on any atom is -0.208 e. The van der Waals surface area contributed by atoms with Crippen LogP contribution in [0.5, 0.6) is 0 Å². The zero-order valence-electron chi connectivity index (χ0n) is 7.33. The maximum atomic E-state index is 11.7. The van der Waals surface area contributed by atoms with E-state index in [2.05, 4.69) is 10.8 Å². The molecule has 0 amide bonds. The number of sulfonamides is 1. The highest BCUT2D eigenvalue weighted by Gasteiger charge is 2.28. The van der Waals surface area contributed by atoms with Gasteiger partial charge in [0, 0.05) is 6.04 Å². The Morgan fingerprint density at radius 1 is 1.50 bits per heavy atom. The first-order valence-corrected chi connectivity index (χ1v) is 6.13. The van der Waals surface area contributed by atoms with Gasteiger partial charge in [-0.25, -0.2) is 13.1 Å². The number of hydrogen-bond acceptors (Lipinski definition) is 2. The van der Waals surface area contributed by atoms with Gasteiger partial charge in [0.25, 0.3) is 0 Å². The molecule has 2 rings (SSSR count). The highest BCUT2D eigenvalue weighted by Crippen LogP contribution is 2.25. The van der Waals surface area contributed by atoms with Gasteiger partial charge in [0.1, 0.15) is 4.90 Å². The molecule has 1 radical (unpaired) electrons. The standard InChI is InChI=1S/C9H9ClNO2S/c10-8-3-1-2-4-9(8)14(12,13)11-7-5-6-7/h1,3-4,7,11H,5-6H2. The molecule has 0 unspecified atom stereocenters. The zero-order valence-corrected chi connectivity index (χ0v) is 8.90. The Morgan fingerprint density at radius 2 is 2.21 bits per heavy atom. The molecular formula is C9H9ClNO2S. The SMILES string of the molecule is O=S(=O)(NC1CC1)c1c[c]ccc1Cl. The summed E-state index contributed by atoms with van der Waals surface area (Å²) in [5.74, 6) is 0. The number of benzene rings is 1. The van der Waals surface area contributed by atoms with Crippen molar-refractivity contribution in [1.82, 2.24) is 4.72 Å². The van der Waals surface area contributed by atoms with E-state index in [4.69, 9.17) is 11.6 Å². The summed E-state index contributed by atoms with van der Waals surface area (Å²) in [5.41, 5.74) is 0. The predicted octanol–water partition coefficient (Wildman–Crippen LogP) is 1.58. The summed E-state index contributed by atoms with van der Waals surface area (Å²) in [4.78, 5) is 0.105. The quantitative estimate of drug-likeness (QED) is 0.857. The predicted molar refractivity (Wildman–Crippen MR) is 53.6 cm³/mol. The number of nitrogens with one attached hydrogen (secondary N) is 1. The summed E-state index contributed by atoms with van der Waals surface area (Å²) in [6.45, 7) is 0. The second-order valence-corrected chi connectivity index (χ2v) is 5.34. The van der Waals surface area contributed by atoms with Crippen molar-refractivity contribution >= 4 is 21.6 Å². The van der Waals surface area contributed by atoms with Crippen LogP contribution in [-0.4, -0.2) is 14.5 Å². The van der Waals surface area contributed by atoms with Gasteiger partial charge in [-0.15, -0.1) is 0 Å². The number of hydrogen-bond donors (Lipinski definition) is 1. The fraction of sp³-hybridized carbons (Fsp3) is 0.333. The second-order valence-electron chi connectivity index (χ2n) is 3.25. The molecule has 0 aliphatic heterocycles. The van der Waals surface area contributed by atoms with Crippen LogP contribution < -0.4 is 4.72 Å². The monoisotopic (exact) mass is 230 g/mol. The Hall–Kier alpha value is -0.580. The first kappa shape index (κ1) is 9.96. The van der Waals surface area contributed by atoms with Gasteiger partial charge in [0.05, 0.1) is 5.02 Å². The Bertz CT molecular complexity index is 440. The topological polar surface area (TPSA) is 46.2 Å². The molecule has 0 spiro atoms. The van der Waals surface area contributed by atoms with Gasteiger partial charge in [-0.05, 0) is 31.0 Å². The molecular weight excluding hydrogens is 222 g/mol. The van der Waals surface area contributed by atoms with E-state index < -0.39 is 10.0 Å². The van der Waals surface area contributed by atoms with Gasteiger partial charge in [-0.3, -0.25) is 0 Å². The van der Waals surface area contributed by atoms with E-state index in [0.717, 1.165) is 12.8 Å². The van der Waals surface area contributed by atoms with E-state index in [1.54, 1.807) is 6.07 Å². The molecule has 1 N–H and O–H groups in total.